The molecule has 0 fully saturated rings. The molecule has 30 heavy (non-hydrogen) atoms. The van der Waals surface area contributed by atoms with Gasteiger partial charge in [-0.2, -0.15) is 5.10 Å². The molecule has 0 saturated carbocycles. The van der Waals surface area contributed by atoms with Gasteiger partial charge in [-0.3, -0.25) is 4.79 Å². The van der Waals surface area contributed by atoms with E-state index in [1.807, 2.05) is 0 Å². The number of carbonyl (C=O) groups is 1. The van der Waals surface area contributed by atoms with Crippen LogP contribution >= 0.6 is 11.6 Å². The van der Waals surface area contributed by atoms with Crippen molar-refractivity contribution in [2.24, 2.45) is 0 Å². The van der Waals surface area contributed by atoms with Gasteiger partial charge in [-0.25, -0.2) is 9.07 Å². The molecule has 1 unspecified atom stereocenters. The van der Waals surface area contributed by atoms with Gasteiger partial charge in [0.2, 0.25) is 0 Å². The molecule has 0 spiro atoms. The Balaban J connectivity index is 1.64. The van der Waals surface area contributed by atoms with Crippen LogP contribution < -0.4 is 15.4 Å². The number of benzene rings is 2. The number of fused-ring (bicyclic) bond motifs is 1. The minimum absolute atomic E-state index is 0.0144. The molecule has 11 heteroatoms. The van der Waals surface area contributed by atoms with Crippen molar-refractivity contribution < 1.29 is 27.1 Å². The monoisotopic (exact) mass is 440 g/mol. The second-order valence-corrected chi connectivity index (χ2v) is 6.85. The molecule has 2 heterocycles. The first-order valence-electron chi connectivity index (χ1n) is 8.66. The van der Waals surface area contributed by atoms with Gasteiger partial charge in [0.1, 0.15) is 29.1 Å². The third-order valence-corrected chi connectivity index (χ3v) is 4.71. The fraction of sp³-hybridized carbons (Fsp3) is 0.158. The number of rotatable bonds is 4. The summed E-state index contributed by atoms with van der Waals surface area (Å²) < 4.78 is 57.0. The van der Waals surface area contributed by atoms with Crippen LogP contribution in [0.15, 0.2) is 48.7 Å². The topological polar surface area (TPSA) is 68.2 Å². The number of ether oxygens (including phenoxy) is 1. The number of amides is 1. The van der Waals surface area contributed by atoms with Gasteiger partial charge in [0.05, 0.1) is 16.9 Å². The molecule has 0 bridgehead atoms. The van der Waals surface area contributed by atoms with Gasteiger partial charge in [0.25, 0.3) is 5.91 Å². The van der Waals surface area contributed by atoms with Crippen LogP contribution in [0.2, 0.25) is 5.02 Å². The van der Waals surface area contributed by atoms with Gasteiger partial charge in [-0.1, -0.05) is 29.8 Å². The summed E-state index contributed by atoms with van der Waals surface area (Å²) in [6, 6.07) is 9.32. The summed E-state index contributed by atoms with van der Waals surface area (Å²) in [5.41, 5.74) is 0.622. The lowest BCUT2D eigenvalue weighted by atomic mass is 10.1. The van der Waals surface area contributed by atoms with Crippen LogP contribution in [-0.2, 0) is 6.42 Å². The Morgan fingerprint density at radius 2 is 1.93 bits per heavy atom. The molecular weight excluding hydrogens is 428 g/mol. The fourth-order valence-electron chi connectivity index (χ4n) is 3.14. The number of nitrogens with one attached hydrogen (secondary N) is 2. The standard InChI is InChI=1S/C19H13ClF4N4O2/c20-13-6-5-11(21)8-14(13)28-17-12(9-25-28)18(29)27-16(26-17)7-10-3-1-2-4-15(10)30-19(22,23)24/h1-6,8-9,16,26H,7H2,(H,27,29). The van der Waals surface area contributed by atoms with Crippen LogP contribution in [0.25, 0.3) is 5.69 Å². The maximum absolute atomic E-state index is 13.7. The number of anilines is 1. The summed E-state index contributed by atoms with van der Waals surface area (Å²) in [6.45, 7) is 0. The van der Waals surface area contributed by atoms with E-state index in [-0.39, 0.29) is 39.8 Å². The summed E-state index contributed by atoms with van der Waals surface area (Å²) >= 11 is 6.14. The number of halogens is 5. The predicted octanol–water partition coefficient (Wildman–Crippen LogP) is 4.29. The molecule has 1 amide bonds. The van der Waals surface area contributed by atoms with Crippen molar-refractivity contribution in [1.29, 1.82) is 0 Å². The molecule has 6 nitrogen and oxygen atoms in total. The third kappa shape index (κ3) is 4.04. The first-order valence-corrected chi connectivity index (χ1v) is 9.03. The Morgan fingerprint density at radius 3 is 2.70 bits per heavy atom. The van der Waals surface area contributed by atoms with E-state index in [0.717, 1.165) is 6.07 Å². The van der Waals surface area contributed by atoms with Crippen molar-refractivity contribution in [3.8, 4) is 11.4 Å². The molecule has 1 atom stereocenters. The lowest BCUT2D eigenvalue weighted by molar-refractivity contribution is -0.274. The highest BCUT2D eigenvalue weighted by atomic mass is 35.5. The Morgan fingerprint density at radius 1 is 1.17 bits per heavy atom. The normalized spacial score (nSPS) is 15.9. The Kier molecular flexibility index (Phi) is 5.02. The van der Waals surface area contributed by atoms with Gasteiger partial charge in [-0.05, 0) is 23.8 Å². The Bertz CT molecular complexity index is 1120. The molecule has 2 aromatic carbocycles. The van der Waals surface area contributed by atoms with Gasteiger partial charge in [0.15, 0.2) is 0 Å². The molecule has 156 valence electrons. The van der Waals surface area contributed by atoms with E-state index in [4.69, 9.17) is 11.6 Å². The highest BCUT2D eigenvalue weighted by Crippen LogP contribution is 2.31. The maximum atomic E-state index is 13.7. The minimum atomic E-state index is -4.85. The average molecular weight is 441 g/mol. The highest BCUT2D eigenvalue weighted by Gasteiger charge is 2.33. The average Bonchev–Trinajstić information content (AvgIpc) is 3.08. The summed E-state index contributed by atoms with van der Waals surface area (Å²) in [5, 5.41) is 9.97. The molecule has 3 aromatic rings. The Hall–Kier alpha value is -3.27. The quantitative estimate of drug-likeness (QED) is 0.594. The maximum Gasteiger partial charge on any atom is 0.573 e. The van der Waals surface area contributed by atoms with Crippen molar-refractivity contribution in [1.82, 2.24) is 15.1 Å². The summed E-state index contributed by atoms with van der Waals surface area (Å²) in [5.74, 6) is -1.16. The first kappa shape index (κ1) is 20.0. The van der Waals surface area contributed by atoms with E-state index < -0.39 is 24.3 Å². The number of carbonyl (C=O) groups excluding carboxylic acids is 1. The zero-order valence-electron chi connectivity index (χ0n) is 15.0. The lowest BCUT2D eigenvalue weighted by Gasteiger charge is -2.27. The summed E-state index contributed by atoms with van der Waals surface area (Å²) in [4.78, 5) is 12.5. The van der Waals surface area contributed by atoms with Gasteiger partial charge < -0.3 is 15.4 Å². The van der Waals surface area contributed by atoms with Gasteiger partial charge >= 0.3 is 6.36 Å². The zero-order valence-corrected chi connectivity index (χ0v) is 15.8. The SMILES string of the molecule is O=C1NC(Cc2ccccc2OC(F)(F)F)Nc2c1cnn2-c1cc(F)ccc1Cl. The van der Waals surface area contributed by atoms with Crippen LogP contribution in [0.3, 0.4) is 0 Å². The molecule has 1 aromatic heterocycles. The van der Waals surface area contributed by atoms with Crippen molar-refractivity contribution in [2.75, 3.05) is 5.32 Å². The van der Waals surface area contributed by atoms with Crippen molar-refractivity contribution in [3.05, 3.63) is 70.6 Å². The van der Waals surface area contributed by atoms with E-state index >= 15 is 0 Å². The fourth-order valence-corrected chi connectivity index (χ4v) is 3.34. The van der Waals surface area contributed by atoms with E-state index in [1.54, 1.807) is 6.07 Å². The molecule has 2 N–H and O–H groups in total. The van der Waals surface area contributed by atoms with Gasteiger partial charge in [-0.15, -0.1) is 13.2 Å². The van der Waals surface area contributed by atoms with Crippen molar-refractivity contribution in [2.45, 2.75) is 18.9 Å². The van der Waals surface area contributed by atoms with E-state index in [0.29, 0.717) is 0 Å². The smallest absolute Gasteiger partial charge is 0.406 e. The van der Waals surface area contributed by atoms with Crippen LogP contribution in [0, 0.1) is 5.82 Å². The van der Waals surface area contributed by atoms with E-state index in [2.05, 4.69) is 20.5 Å². The molecule has 0 aliphatic carbocycles. The van der Waals surface area contributed by atoms with Crippen LogP contribution in [-0.4, -0.2) is 28.2 Å². The minimum Gasteiger partial charge on any atom is -0.406 e. The second-order valence-electron chi connectivity index (χ2n) is 6.44. The summed E-state index contributed by atoms with van der Waals surface area (Å²) in [7, 11) is 0. The number of aromatic nitrogens is 2. The number of hydrogen-bond acceptors (Lipinski definition) is 4. The van der Waals surface area contributed by atoms with Crippen LogP contribution in [0.1, 0.15) is 15.9 Å². The Labute approximate surface area is 172 Å². The molecule has 1 aliphatic rings. The largest absolute Gasteiger partial charge is 0.573 e. The first-order chi connectivity index (χ1) is 14.2. The number of para-hydroxylation sites is 1. The molecule has 1 aliphatic heterocycles. The number of hydrogen-bond donors (Lipinski definition) is 2. The van der Waals surface area contributed by atoms with Crippen LogP contribution in [0.5, 0.6) is 5.75 Å². The van der Waals surface area contributed by atoms with E-state index in [1.165, 1.54) is 41.2 Å². The third-order valence-electron chi connectivity index (χ3n) is 4.39. The predicted molar refractivity (Wildman–Crippen MR) is 100 cm³/mol. The molecule has 0 saturated heterocycles. The van der Waals surface area contributed by atoms with Crippen molar-refractivity contribution >= 4 is 23.3 Å². The number of nitrogens with zero attached hydrogens (tertiary/aromatic N) is 2. The molecule has 4 rings (SSSR count). The number of alkyl halides is 3. The van der Waals surface area contributed by atoms with E-state index in [9.17, 15) is 22.4 Å². The summed E-state index contributed by atoms with van der Waals surface area (Å²) in [6.07, 6.45) is -4.35. The second kappa shape index (κ2) is 7.52. The molecular formula is C19H13ClF4N4O2. The molecule has 0 radical (unpaired) electrons. The van der Waals surface area contributed by atoms with Crippen molar-refractivity contribution in [3.63, 3.8) is 0 Å². The highest BCUT2D eigenvalue weighted by molar-refractivity contribution is 6.32. The van der Waals surface area contributed by atoms with Gasteiger partial charge in [0, 0.05) is 12.5 Å². The lowest BCUT2D eigenvalue weighted by Crippen LogP contribution is -2.46. The van der Waals surface area contributed by atoms with Crippen LogP contribution in [0.4, 0.5) is 23.4 Å². The zero-order chi connectivity index (χ0) is 21.5.